The molecule has 0 aliphatic rings. The molecule has 0 saturated carbocycles. The Labute approximate surface area is 92.4 Å². The van der Waals surface area contributed by atoms with Gasteiger partial charge in [-0.05, 0) is 12.1 Å². The van der Waals surface area contributed by atoms with E-state index in [1.807, 2.05) is 0 Å². The van der Waals surface area contributed by atoms with Gasteiger partial charge in [-0.15, -0.1) is 0 Å². The van der Waals surface area contributed by atoms with Crippen molar-refractivity contribution in [2.24, 2.45) is 0 Å². The molecule has 5 heteroatoms. The van der Waals surface area contributed by atoms with Gasteiger partial charge in [-0.25, -0.2) is 4.39 Å². The molecule has 1 aromatic carbocycles. The van der Waals surface area contributed by atoms with Crippen LogP contribution in [-0.2, 0) is 0 Å². The highest BCUT2D eigenvalue weighted by atomic mass is 19.1. The largest absolute Gasteiger partial charge is 0.375 e. The van der Waals surface area contributed by atoms with E-state index in [0.717, 1.165) is 0 Å². The number of hydrogen-bond donors (Lipinski definition) is 1. The Bertz CT molecular complexity index is 508. The Morgan fingerprint density at radius 3 is 2.56 bits per heavy atom. The van der Waals surface area contributed by atoms with E-state index in [-0.39, 0.29) is 11.7 Å². The standard InChI is InChI=1S/C11H12FN3O/c1-15(2)10-4-3-7(5-8(10)12)9-6-11(13)16-14-9/h3-6H,13H2,1-2H3. The van der Waals surface area contributed by atoms with Gasteiger partial charge >= 0.3 is 0 Å². The summed E-state index contributed by atoms with van der Waals surface area (Å²) in [5.74, 6) is -0.0869. The lowest BCUT2D eigenvalue weighted by Crippen LogP contribution is -2.10. The lowest BCUT2D eigenvalue weighted by molar-refractivity contribution is 0.439. The fourth-order valence-electron chi connectivity index (χ4n) is 1.45. The Balaban J connectivity index is 2.42. The van der Waals surface area contributed by atoms with Crippen LogP contribution in [0.3, 0.4) is 0 Å². The molecule has 0 spiro atoms. The zero-order valence-corrected chi connectivity index (χ0v) is 9.07. The van der Waals surface area contributed by atoms with Crippen molar-refractivity contribution in [3.8, 4) is 11.3 Å². The summed E-state index contributed by atoms with van der Waals surface area (Å²) in [5.41, 5.74) is 7.10. The van der Waals surface area contributed by atoms with Crippen LogP contribution in [0.15, 0.2) is 28.8 Å². The van der Waals surface area contributed by atoms with E-state index in [2.05, 4.69) is 5.16 Å². The zero-order valence-electron chi connectivity index (χ0n) is 9.07. The normalized spacial score (nSPS) is 10.4. The third-order valence-electron chi connectivity index (χ3n) is 2.25. The molecule has 4 nitrogen and oxygen atoms in total. The van der Waals surface area contributed by atoms with Crippen molar-refractivity contribution >= 4 is 11.6 Å². The van der Waals surface area contributed by atoms with Crippen LogP contribution in [0.2, 0.25) is 0 Å². The van der Waals surface area contributed by atoms with E-state index in [4.69, 9.17) is 10.3 Å². The Hall–Kier alpha value is -2.04. The molecule has 1 heterocycles. The van der Waals surface area contributed by atoms with E-state index in [1.165, 1.54) is 6.07 Å². The predicted octanol–water partition coefficient (Wildman–Crippen LogP) is 2.13. The zero-order chi connectivity index (χ0) is 11.7. The first-order chi connectivity index (χ1) is 7.58. The van der Waals surface area contributed by atoms with Gasteiger partial charge in [0.05, 0.1) is 5.69 Å². The first kappa shape index (κ1) is 10.5. The van der Waals surface area contributed by atoms with Gasteiger partial charge in [0.15, 0.2) is 0 Å². The first-order valence-corrected chi connectivity index (χ1v) is 4.77. The number of halogens is 1. The highest BCUT2D eigenvalue weighted by molar-refractivity contribution is 5.64. The summed E-state index contributed by atoms with van der Waals surface area (Å²) >= 11 is 0. The van der Waals surface area contributed by atoms with Crippen LogP contribution >= 0.6 is 0 Å². The Kier molecular flexibility index (Phi) is 2.52. The number of benzene rings is 1. The third-order valence-corrected chi connectivity index (χ3v) is 2.25. The summed E-state index contributed by atoms with van der Waals surface area (Å²) in [4.78, 5) is 1.70. The fraction of sp³-hybridized carbons (Fsp3) is 0.182. The van der Waals surface area contributed by atoms with Crippen LogP contribution in [-0.4, -0.2) is 19.3 Å². The summed E-state index contributed by atoms with van der Waals surface area (Å²) < 4.78 is 18.4. The molecule has 0 atom stereocenters. The lowest BCUT2D eigenvalue weighted by Gasteiger charge is -2.13. The average molecular weight is 221 g/mol. The van der Waals surface area contributed by atoms with Gasteiger partial charge in [-0.3, -0.25) is 0 Å². The number of nitrogen functional groups attached to an aromatic ring is 1. The third kappa shape index (κ3) is 1.84. The van der Waals surface area contributed by atoms with Crippen LogP contribution < -0.4 is 10.6 Å². The predicted molar refractivity (Wildman–Crippen MR) is 60.6 cm³/mol. The molecule has 0 unspecified atom stereocenters. The van der Waals surface area contributed by atoms with Gasteiger partial charge in [0, 0.05) is 25.7 Å². The van der Waals surface area contributed by atoms with Crippen LogP contribution in [0.25, 0.3) is 11.3 Å². The average Bonchev–Trinajstić information content (AvgIpc) is 2.64. The van der Waals surface area contributed by atoms with Crippen molar-refractivity contribution in [3.63, 3.8) is 0 Å². The molecule has 0 radical (unpaired) electrons. The van der Waals surface area contributed by atoms with Crippen molar-refractivity contribution in [2.45, 2.75) is 0 Å². The van der Waals surface area contributed by atoms with Gasteiger partial charge in [0.2, 0.25) is 5.88 Å². The van der Waals surface area contributed by atoms with Crippen LogP contribution in [0.5, 0.6) is 0 Å². The molecule has 2 N–H and O–H groups in total. The molecule has 0 saturated heterocycles. The lowest BCUT2D eigenvalue weighted by atomic mass is 10.1. The second kappa shape index (κ2) is 3.84. The van der Waals surface area contributed by atoms with E-state index >= 15 is 0 Å². The summed E-state index contributed by atoms with van der Waals surface area (Å²) in [6, 6.07) is 6.43. The highest BCUT2D eigenvalue weighted by Crippen LogP contribution is 2.25. The van der Waals surface area contributed by atoms with Gasteiger partial charge in [0.1, 0.15) is 11.5 Å². The molecule has 2 aromatic rings. The van der Waals surface area contributed by atoms with Crippen LogP contribution in [0.1, 0.15) is 0 Å². The number of nitrogens with zero attached hydrogens (tertiary/aromatic N) is 2. The van der Waals surface area contributed by atoms with Crippen LogP contribution in [0, 0.1) is 5.82 Å². The summed E-state index contributed by atoms with van der Waals surface area (Å²) in [6.45, 7) is 0. The fourth-order valence-corrected chi connectivity index (χ4v) is 1.45. The van der Waals surface area contributed by atoms with Gasteiger partial charge < -0.3 is 15.2 Å². The maximum absolute atomic E-state index is 13.7. The molecule has 1 aromatic heterocycles. The number of hydrogen-bond acceptors (Lipinski definition) is 4. The summed E-state index contributed by atoms with van der Waals surface area (Å²) in [5, 5.41) is 3.72. The van der Waals surface area contributed by atoms with Crippen molar-refractivity contribution in [3.05, 3.63) is 30.1 Å². The Morgan fingerprint density at radius 1 is 1.31 bits per heavy atom. The van der Waals surface area contributed by atoms with Crippen molar-refractivity contribution in [1.29, 1.82) is 0 Å². The SMILES string of the molecule is CN(C)c1ccc(-c2cc(N)on2)cc1F. The minimum absolute atomic E-state index is 0.215. The minimum atomic E-state index is -0.302. The Morgan fingerprint density at radius 2 is 2.06 bits per heavy atom. The molecular formula is C11H12FN3O. The van der Waals surface area contributed by atoms with E-state index in [9.17, 15) is 4.39 Å². The van der Waals surface area contributed by atoms with Crippen molar-refractivity contribution < 1.29 is 8.91 Å². The quantitative estimate of drug-likeness (QED) is 0.844. The van der Waals surface area contributed by atoms with Crippen molar-refractivity contribution in [2.75, 3.05) is 24.7 Å². The van der Waals surface area contributed by atoms with E-state index in [1.54, 1.807) is 37.2 Å². The minimum Gasteiger partial charge on any atom is -0.375 e. The molecule has 0 fully saturated rings. The molecule has 16 heavy (non-hydrogen) atoms. The molecule has 0 aliphatic heterocycles. The molecule has 2 rings (SSSR count). The molecule has 0 bridgehead atoms. The van der Waals surface area contributed by atoms with Gasteiger partial charge in [-0.2, -0.15) is 0 Å². The smallest absolute Gasteiger partial charge is 0.222 e. The first-order valence-electron chi connectivity index (χ1n) is 4.77. The molecular weight excluding hydrogens is 209 g/mol. The number of rotatable bonds is 2. The molecule has 0 amide bonds. The number of nitrogens with two attached hydrogens (primary N) is 1. The maximum atomic E-state index is 13.7. The van der Waals surface area contributed by atoms with Gasteiger partial charge in [-0.1, -0.05) is 11.2 Å². The number of anilines is 2. The van der Waals surface area contributed by atoms with Crippen molar-refractivity contribution in [1.82, 2.24) is 5.16 Å². The van der Waals surface area contributed by atoms with E-state index < -0.39 is 0 Å². The maximum Gasteiger partial charge on any atom is 0.222 e. The van der Waals surface area contributed by atoms with Gasteiger partial charge in [0.25, 0.3) is 0 Å². The highest BCUT2D eigenvalue weighted by Gasteiger charge is 2.09. The topological polar surface area (TPSA) is 55.3 Å². The summed E-state index contributed by atoms with van der Waals surface area (Å²) in [6.07, 6.45) is 0. The summed E-state index contributed by atoms with van der Waals surface area (Å²) in [7, 11) is 3.57. The monoisotopic (exact) mass is 221 g/mol. The number of aromatic nitrogens is 1. The van der Waals surface area contributed by atoms with E-state index in [0.29, 0.717) is 16.9 Å². The second-order valence-electron chi connectivity index (χ2n) is 3.68. The van der Waals surface area contributed by atoms with Crippen LogP contribution in [0.4, 0.5) is 16.0 Å². The second-order valence-corrected chi connectivity index (χ2v) is 3.68. The molecule has 84 valence electrons. The molecule has 0 aliphatic carbocycles.